The Morgan fingerprint density at radius 3 is 2.92 bits per heavy atom. The molecule has 9 nitrogen and oxygen atoms in total. The van der Waals surface area contributed by atoms with Gasteiger partial charge in [0, 0.05) is 24.1 Å². The fourth-order valence-corrected chi connectivity index (χ4v) is 2.73. The van der Waals surface area contributed by atoms with Gasteiger partial charge in [0.15, 0.2) is 11.9 Å². The molecule has 0 saturated carbocycles. The van der Waals surface area contributed by atoms with Crippen LogP contribution in [0.3, 0.4) is 0 Å². The molecule has 1 aromatic heterocycles. The molecule has 26 heavy (non-hydrogen) atoms. The quantitative estimate of drug-likeness (QED) is 0.549. The van der Waals surface area contributed by atoms with Crippen LogP contribution in [0.15, 0.2) is 48.5 Å². The smallest absolute Gasteiger partial charge is 0.270 e. The molecule has 1 atom stereocenters. The number of H-pyrrole nitrogens is 1. The second-order valence-electron chi connectivity index (χ2n) is 5.72. The van der Waals surface area contributed by atoms with E-state index in [0.29, 0.717) is 23.6 Å². The Bertz CT molecular complexity index is 975. The van der Waals surface area contributed by atoms with Crippen LogP contribution in [0.2, 0.25) is 0 Å². The topological polar surface area (TPSA) is 123 Å². The number of carbonyl (C=O) groups is 1. The number of aromatic nitrogens is 3. The number of fused-ring (bicyclic) bond motifs is 1. The van der Waals surface area contributed by atoms with Crippen molar-refractivity contribution in [2.45, 2.75) is 12.5 Å². The predicted molar refractivity (Wildman–Crippen MR) is 91.7 cm³/mol. The van der Waals surface area contributed by atoms with Gasteiger partial charge in [0.05, 0.1) is 4.92 Å². The van der Waals surface area contributed by atoms with Crippen LogP contribution in [0, 0.1) is 10.1 Å². The summed E-state index contributed by atoms with van der Waals surface area (Å²) in [6, 6.07) is 13.4. The summed E-state index contributed by atoms with van der Waals surface area (Å²) in [7, 11) is 0. The van der Waals surface area contributed by atoms with E-state index in [2.05, 4.69) is 20.5 Å². The van der Waals surface area contributed by atoms with E-state index in [-0.39, 0.29) is 17.5 Å². The second-order valence-corrected chi connectivity index (χ2v) is 5.72. The number of nitrogens with one attached hydrogen (secondary N) is 2. The first-order chi connectivity index (χ1) is 12.6. The summed E-state index contributed by atoms with van der Waals surface area (Å²) in [6.07, 6.45) is -0.170. The van der Waals surface area contributed by atoms with E-state index in [4.69, 9.17) is 4.74 Å². The average molecular weight is 351 g/mol. The minimum absolute atomic E-state index is 0.0541. The second kappa shape index (κ2) is 6.28. The average Bonchev–Trinajstić information content (AvgIpc) is 3.28. The van der Waals surface area contributed by atoms with Gasteiger partial charge >= 0.3 is 0 Å². The lowest BCUT2D eigenvalue weighted by Gasteiger charge is -2.08. The van der Waals surface area contributed by atoms with Gasteiger partial charge in [-0.3, -0.25) is 25.3 Å². The van der Waals surface area contributed by atoms with Gasteiger partial charge < -0.3 is 4.74 Å². The minimum Gasteiger partial charge on any atom is -0.480 e. The van der Waals surface area contributed by atoms with E-state index in [1.54, 1.807) is 12.1 Å². The molecule has 1 amide bonds. The maximum Gasteiger partial charge on any atom is 0.270 e. The SMILES string of the molecule is O=C(Nc1n[nH]c(-c2cccc([N+](=O)[O-])c2)n1)C1Cc2ccccc2O1. The van der Waals surface area contributed by atoms with Crippen molar-refractivity contribution >= 4 is 17.5 Å². The zero-order chi connectivity index (χ0) is 18.1. The van der Waals surface area contributed by atoms with Crippen LogP contribution in [0.5, 0.6) is 5.75 Å². The van der Waals surface area contributed by atoms with Gasteiger partial charge in [-0.2, -0.15) is 4.98 Å². The summed E-state index contributed by atoms with van der Waals surface area (Å²) < 4.78 is 5.62. The Morgan fingerprint density at radius 1 is 1.27 bits per heavy atom. The number of non-ortho nitro benzene ring substituents is 1. The standard InChI is InChI=1S/C17H13N5O4/c23-16(14-9-10-4-1-2-7-13(10)26-14)19-17-18-15(20-21-17)11-5-3-6-12(8-11)22(24)25/h1-8,14H,9H2,(H2,18,19,20,21,23). The zero-order valence-electron chi connectivity index (χ0n) is 13.4. The van der Waals surface area contributed by atoms with Crippen molar-refractivity contribution in [3.05, 3.63) is 64.2 Å². The first-order valence-corrected chi connectivity index (χ1v) is 7.83. The molecule has 4 rings (SSSR count). The van der Waals surface area contributed by atoms with E-state index in [1.807, 2.05) is 24.3 Å². The van der Waals surface area contributed by atoms with E-state index >= 15 is 0 Å². The summed E-state index contributed by atoms with van der Waals surface area (Å²) >= 11 is 0. The fourth-order valence-electron chi connectivity index (χ4n) is 2.73. The molecule has 0 fully saturated rings. The van der Waals surface area contributed by atoms with Crippen LogP contribution in [0.1, 0.15) is 5.56 Å². The molecule has 1 unspecified atom stereocenters. The van der Waals surface area contributed by atoms with Gasteiger partial charge in [0.1, 0.15) is 5.75 Å². The molecule has 1 aliphatic rings. The van der Waals surface area contributed by atoms with Crippen LogP contribution in [-0.2, 0) is 11.2 Å². The Kier molecular flexibility index (Phi) is 3.81. The van der Waals surface area contributed by atoms with Gasteiger partial charge in [-0.25, -0.2) is 0 Å². The van der Waals surface area contributed by atoms with Gasteiger partial charge in [-0.05, 0) is 11.6 Å². The molecule has 2 N–H and O–H groups in total. The molecule has 130 valence electrons. The highest BCUT2D eigenvalue weighted by atomic mass is 16.6. The highest BCUT2D eigenvalue weighted by Gasteiger charge is 2.29. The Hall–Kier alpha value is -3.75. The molecule has 0 radical (unpaired) electrons. The highest BCUT2D eigenvalue weighted by molar-refractivity contribution is 5.93. The lowest BCUT2D eigenvalue weighted by molar-refractivity contribution is -0.384. The Morgan fingerprint density at radius 2 is 2.12 bits per heavy atom. The van der Waals surface area contributed by atoms with Gasteiger partial charge in [0.2, 0.25) is 5.95 Å². The largest absolute Gasteiger partial charge is 0.480 e. The number of nitro benzene ring substituents is 1. The van der Waals surface area contributed by atoms with Gasteiger partial charge in [-0.15, -0.1) is 5.10 Å². The highest BCUT2D eigenvalue weighted by Crippen LogP contribution is 2.28. The monoisotopic (exact) mass is 351 g/mol. The number of ether oxygens (including phenoxy) is 1. The molecule has 0 saturated heterocycles. The van der Waals surface area contributed by atoms with Crippen molar-refractivity contribution in [2.75, 3.05) is 5.32 Å². The van der Waals surface area contributed by atoms with Crippen molar-refractivity contribution in [1.29, 1.82) is 0 Å². The summed E-state index contributed by atoms with van der Waals surface area (Å²) in [5.41, 5.74) is 1.42. The molecule has 2 heterocycles. The van der Waals surface area contributed by atoms with Crippen LogP contribution >= 0.6 is 0 Å². The lowest BCUT2D eigenvalue weighted by atomic mass is 10.1. The number of hydrogen-bond acceptors (Lipinski definition) is 6. The number of rotatable bonds is 4. The zero-order valence-corrected chi connectivity index (χ0v) is 13.4. The van der Waals surface area contributed by atoms with Crippen molar-refractivity contribution in [3.8, 4) is 17.1 Å². The number of benzene rings is 2. The molecule has 1 aliphatic heterocycles. The maximum atomic E-state index is 12.4. The van der Waals surface area contributed by atoms with Crippen LogP contribution < -0.4 is 10.1 Å². The Balaban J connectivity index is 1.47. The van der Waals surface area contributed by atoms with Crippen LogP contribution in [0.25, 0.3) is 11.4 Å². The van der Waals surface area contributed by atoms with E-state index < -0.39 is 11.0 Å². The molecule has 0 aliphatic carbocycles. The van der Waals surface area contributed by atoms with Gasteiger partial charge in [0.25, 0.3) is 11.6 Å². The van der Waals surface area contributed by atoms with E-state index in [1.165, 1.54) is 12.1 Å². The third-order valence-electron chi connectivity index (χ3n) is 3.99. The number of amides is 1. The first-order valence-electron chi connectivity index (χ1n) is 7.83. The molecule has 2 aromatic carbocycles. The van der Waals surface area contributed by atoms with Crippen molar-refractivity contribution in [2.24, 2.45) is 0 Å². The minimum atomic E-state index is -0.646. The number of nitro groups is 1. The normalized spacial score (nSPS) is 15.2. The molecule has 9 heteroatoms. The number of anilines is 1. The number of para-hydroxylation sites is 1. The predicted octanol–water partition coefficient (Wildman–Crippen LogP) is 2.32. The lowest BCUT2D eigenvalue weighted by Crippen LogP contribution is -2.31. The summed E-state index contributed by atoms with van der Waals surface area (Å²) in [6.45, 7) is 0. The summed E-state index contributed by atoms with van der Waals surface area (Å²) in [4.78, 5) is 26.9. The maximum absolute atomic E-state index is 12.4. The molecule has 0 spiro atoms. The third kappa shape index (κ3) is 2.97. The van der Waals surface area contributed by atoms with Gasteiger partial charge in [-0.1, -0.05) is 30.3 Å². The first kappa shape index (κ1) is 15.8. The Labute approximate surface area is 147 Å². The van der Waals surface area contributed by atoms with Crippen molar-refractivity contribution in [3.63, 3.8) is 0 Å². The van der Waals surface area contributed by atoms with E-state index in [9.17, 15) is 14.9 Å². The molecular formula is C17H13N5O4. The van der Waals surface area contributed by atoms with Crippen molar-refractivity contribution < 1.29 is 14.5 Å². The van der Waals surface area contributed by atoms with E-state index in [0.717, 1.165) is 5.56 Å². The third-order valence-corrected chi connectivity index (χ3v) is 3.99. The number of aromatic amines is 1. The number of carbonyl (C=O) groups excluding carboxylic acids is 1. The summed E-state index contributed by atoms with van der Waals surface area (Å²) in [5.74, 6) is 0.737. The van der Waals surface area contributed by atoms with Crippen LogP contribution in [0.4, 0.5) is 11.6 Å². The van der Waals surface area contributed by atoms with Crippen molar-refractivity contribution in [1.82, 2.24) is 15.2 Å². The molecule has 3 aromatic rings. The number of nitrogens with zero attached hydrogens (tertiary/aromatic N) is 3. The molecule has 0 bridgehead atoms. The fraction of sp³-hybridized carbons (Fsp3) is 0.118. The molecular weight excluding hydrogens is 338 g/mol. The number of hydrogen-bond donors (Lipinski definition) is 2. The van der Waals surface area contributed by atoms with Crippen LogP contribution in [-0.4, -0.2) is 32.1 Å². The summed E-state index contributed by atoms with van der Waals surface area (Å²) in [5, 5.41) is 20.1.